The molecule has 0 aromatic rings. The summed E-state index contributed by atoms with van der Waals surface area (Å²) in [5, 5.41) is 33.1. The summed E-state index contributed by atoms with van der Waals surface area (Å²) < 4.78 is 0. The molecule has 0 saturated carbocycles. The molecule has 226 valence electrons. The highest BCUT2D eigenvalue weighted by molar-refractivity contribution is 5.76. The van der Waals surface area contributed by atoms with Gasteiger partial charge in [0.25, 0.3) is 0 Å². The maximum absolute atomic E-state index is 12.2. The van der Waals surface area contributed by atoms with Crippen LogP contribution in [0.15, 0.2) is 12.2 Å². The average Bonchev–Trinajstić information content (AvgIpc) is 2.92. The number of carbonyl (C=O) groups is 1. The molecule has 38 heavy (non-hydrogen) atoms. The standard InChI is InChI=1S/C33H65NO4/c1-3-5-7-9-11-13-15-16-17-18-19-21-23-25-27-31(36)33(38)30(29-35)34-32(37)28-26-24-22-20-14-12-10-8-6-4-2/h19,21,30-31,33,35-36,38H,3-18,20,22-29H2,1-2H3,(H,34,37)/b21-19+. The lowest BCUT2D eigenvalue weighted by Gasteiger charge is -2.26. The SMILES string of the molecule is CCCCCCCCCCC/C=C/CCCC(O)C(O)C(CO)NC(=O)CCCCCCCCCCCC. The van der Waals surface area contributed by atoms with Crippen LogP contribution in [0.1, 0.15) is 168 Å². The van der Waals surface area contributed by atoms with E-state index in [-0.39, 0.29) is 12.5 Å². The first kappa shape index (κ1) is 37.1. The fraction of sp³-hybridized carbons (Fsp3) is 0.909. The summed E-state index contributed by atoms with van der Waals surface area (Å²) in [5.41, 5.74) is 0. The van der Waals surface area contributed by atoms with Gasteiger partial charge in [0.2, 0.25) is 5.91 Å². The van der Waals surface area contributed by atoms with Crippen LogP contribution in [0.3, 0.4) is 0 Å². The lowest BCUT2D eigenvalue weighted by atomic mass is 10.0. The number of unbranched alkanes of at least 4 members (excludes halogenated alkanes) is 19. The zero-order valence-electron chi connectivity index (χ0n) is 25.3. The van der Waals surface area contributed by atoms with E-state index in [0.29, 0.717) is 12.8 Å². The summed E-state index contributed by atoms with van der Waals surface area (Å²) in [6.45, 7) is 4.12. The first-order valence-corrected chi connectivity index (χ1v) is 16.5. The van der Waals surface area contributed by atoms with Crippen molar-refractivity contribution in [2.75, 3.05) is 6.61 Å². The number of aliphatic hydroxyl groups is 3. The third-order valence-corrected chi connectivity index (χ3v) is 7.62. The molecular weight excluding hydrogens is 474 g/mol. The number of hydrogen-bond donors (Lipinski definition) is 4. The molecule has 4 N–H and O–H groups in total. The molecule has 1 amide bonds. The van der Waals surface area contributed by atoms with Crippen LogP contribution in [0.4, 0.5) is 0 Å². The van der Waals surface area contributed by atoms with Crippen LogP contribution in [0.2, 0.25) is 0 Å². The Morgan fingerprint density at radius 2 is 1.05 bits per heavy atom. The Morgan fingerprint density at radius 3 is 1.53 bits per heavy atom. The van der Waals surface area contributed by atoms with Gasteiger partial charge in [-0.15, -0.1) is 0 Å². The van der Waals surface area contributed by atoms with Gasteiger partial charge < -0.3 is 20.6 Å². The van der Waals surface area contributed by atoms with Gasteiger partial charge in [-0.05, 0) is 38.5 Å². The molecule has 5 heteroatoms. The first-order valence-electron chi connectivity index (χ1n) is 16.5. The molecule has 0 aromatic heterocycles. The lowest BCUT2D eigenvalue weighted by Crippen LogP contribution is -2.50. The Hall–Kier alpha value is -0.910. The Balaban J connectivity index is 3.78. The van der Waals surface area contributed by atoms with Crippen molar-refractivity contribution in [2.45, 2.75) is 186 Å². The number of amides is 1. The molecule has 3 unspecified atom stereocenters. The molecule has 0 rings (SSSR count). The number of rotatable bonds is 29. The zero-order chi connectivity index (χ0) is 28.1. The summed E-state index contributed by atoms with van der Waals surface area (Å²) in [7, 11) is 0. The van der Waals surface area contributed by atoms with Crippen LogP contribution < -0.4 is 5.32 Å². The number of aliphatic hydroxyl groups excluding tert-OH is 3. The second kappa shape index (κ2) is 29.1. The first-order chi connectivity index (χ1) is 18.6. The maximum Gasteiger partial charge on any atom is 0.220 e. The molecule has 0 saturated heterocycles. The highest BCUT2D eigenvalue weighted by atomic mass is 16.3. The van der Waals surface area contributed by atoms with E-state index >= 15 is 0 Å². The van der Waals surface area contributed by atoms with E-state index in [4.69, 9.17) is 0 Å². The van der Waals surface area contributed by atoms with Gasteiger partial charge in [-0.3, -0.25) is 4.79 Å². The van der Waals surface area contributed by atoms with Gasteiger partial charge >= 0.3 is 0 Å². The number of carbonyl (C=O) groups excluding carboxylic acids is 1. The maximum atomic E-state index is 12.2. The third-order valence-electron chi connectivity index (χ3n) is 7.62. The van der Waals surface area contributed by atoms with E-state index in [0.717, 1.165) is 38.5 Å². The van der Waals surface area contributed by atoms with Crippen LogP contribution in [0.5, 0.6) is 0 Å². The van der Waals surface area contributed by atoms with Gasteiger partial charge in [0, 0.05) is 6.42 Å². The molecule has 0 aliphatic carbocycles. The van der Waals surface area contributed by atoms with Crippen molar-refractivity contribution in [3.05, 3.63) is 12.2 Å². The predicted octanol–water partition coefficient (Wildman–Crippen LogP) is 8.14. The molecule has 0 aliphatic rings. The van der Waals surface area contributed by atoms with E-state index in [1.165, 1.54) is 103 Å². The van der Waals surface area contributed by atoms with Crippen molar-refractivity contribution in [1.29, 1.82) is 0 Å². The molecule has 0 fully saturated rings. The molecular formula is C33H65NO4. The van der Waals surface area contributed by atoms with Crippen molar-refractivity contribution in [3.63, 3.8) is 0 Å². The normalized spacial score (nSPS) is 14.1. The predicted molar refractivity (Wildman–Crippen MR) is 162 cm³/mol. The summed E-state index contributed by atoms with van der Waals surface area (Å²) in [6.07, 6.45) is 30.1. The van der Waals surface area contributed by atoms with Gasteiger partial charge in [0.05, 0.1) is 18.8 Å². The molecule has 5 nitrogen and oxygen atoms in total. The van der Waals surface area contributed by atoms with Crippen LogP contribution in [-0.4, -0.2) is 46.1 Å². The van der Waals surface area contributed by atoms with E-state index in [1.54, 1.807) is 0 Å². The Kier molecular flexibility index (Phi) is 28.4. The molecule has 0 radical (unpaired) electrons. The van der Waals surface area contributed by atoms with E-state index in [1.807, 2.05) is 0 Å². The Morgan fingerprint density at radius 1 is 0.632 bits per heavy atom. The van der Waals surface area contributed by atoms with E-state index in [9.17, 15) is 20.1 Å². The smallest absolute Gasteiger partial charge is 0.220 e. The fourth-order valence-electron chi connectivity index (χ4n) is 4.98. The van der Waals surface area contributed by atoms with Crippen molar-refractivity contribution in [3.8, 4) is 0 Å². The second-order valence-electron chi connectivity index (χ2n) is 11.4. The Labute approximate surface area is 236 Å². The van der Waals surface area contributed by atoms with Gasteiger partial charge in [0.1, 0.15) is 6.10 Å². The van der Waals surface area contributed by atoms with Crippen molar-refractivity contribution in [2.24, 2.45) is 0 Å². The third kappa shape index (κ3) is 24.2. The zero-order valence-corrected chi connectivity index (χ0v) is 25.3. The average molecular weight is 540 g/mol. The molecule has 0 aromatic carbocycles. The Bertz CT molecular complexity index is 525. The van der Waals surface area contributed by atoms with Gasteiger partial charge in [-0.25, -0.2) is 0 Å². The van der Waals surface area contributed by atoms with E-state index in [2.05, 4.69) is 31.3 Å². The summed E-state index contributed by atoms with van der Waals surface area (Å²) >= 11 is 0. The highest BCUT2D eigenvalue weighted by Gasteiger charge is 2.26. The largest absolute Gasteiger partial charge is 0.394 e. The van der Waals surface area contributed by atoms with E-state index < -0.39 is 18.2 Å². The number of allylic oxidation sites excluding steroid dienone is 2. The minimum absolute atomic E-state index is 0.158. The topological polar surface area (TPSA) is 89.8 Å². The molecule has 0 heterocycles. The highest BCUT2D eigenvalue weighted by Crippen LogP contribution is 2.14. The van der Waals surface area contributed by atoms with Crippen molar-refractivity contribution >= 4 is 5.91 Å². The van der Waals surface area contributed by atoms with Crippen LogP contribution >= 0.6 is 0 Å². The molecule has 3 atom stereocenters. The minimum atomic E-state index is -1.15. The van der Waals surface area contributed by atoms with Crippen LogP contribution in [-0.2, 0) is 4.79 Å². The number of hydrogen-bond acceptors (Lipinski definition) is 4. The second-order valence-corrected chi connectivity index (χ2v) is 11.4. The van der Waals surface area contributed by atoms with Gasteiger partial charge in [0.15, 0.2) is 0 Å². The molecule has 0 bridgehead atoms. The summed E-state index contributed by atoms with van der Waals surface area (Å²) in [5.74, 6) is -0.158. The fourth-order valence-corrected chi connectivity index (χ4v) is 4.98. The quantitative estimate of drug-likeness (QED) is 0.0570. The number of nitrogens with one attached hydrogen (secondary N) is 1. The van der Waals surface area contributed by atoms with Crippen LogP contribution in [0, 0.1) is 0 Å². The molecule has 0 aliphatic heterocycles. The lowest BCUT2D eigenvalue weighted by molar-refractivity contribution is -0.124. The van der Waals surface area contributed by atoms with Gasteiger partial charge in [-0.2, -0.15) is 0 Å². The monoisotopic (exact) mass is 539 g/mol. The summed E-state index contributed by atoms with van der Waals surface area (Å²) in [4.78, 5) is 12.2. The van der Waals surface area contributed by atoms with Crippen molar-refractivity contribution in [1.82, 2.24) is 5.32 Å². The van der Waals surface area contributed by atoms with Crippen molar-refractivity contribution < 1.29 is 20.1 Å². The van der Waals surface area contributed by atoms with Crippen LogP contribution in [0.25, 0.3) is 0 Å². The van der Waals surface area contributed by atoms with Gasteiger partial charge in [-0.1, -0.05) is 135 Å². The molecule has 0 spiro atoms. The minimum Gasteiger partial charge on any atom is -0.394 e. The summed E-state index contributed by atoms with van der Waals surface area (Å²) in [6, 6.07) is -0.817.